The molecule has 0 aliphatic carbocycles. The molecule has 0 aromatic rings. The minimum absolute atomic E-state index is 0.127. The van der Waals surface area contributed by atoms with Crippen molar-refractivity contribution >= 4 is 11.9 Å². The number of carboxylic acids is 1. The summed E-state index contributed by atoms with van der Waals surface area (Å²) in [5.74, 6) is -1.51. The summed E-state index contributed by atoms with van der Waals surface area (Å²) in [6, 6.07) is -1.40. The molecule has 0 radical (unpaired) electrons. The number of hydrogen-bond donors (Lipinski definition) is 4. The highest BCUT2D eigenvalue weighted by Gasteiger charge is 2.09. The molecule has 0 aliphatic heterocycles. The predicted molar refractivity (Wildman–Crippen MR) is 45.5 cm³/mol. The topological polar surface area (TPSA) is 128 Å². The van der Waals surface area contributed by atoms with E-state index in [9.17, 15) is 4.79 Å². The zero-order chi connectivity index (χ0) is 11.3. The molecule has 0 spiro atoms. The van der Waals surface area contributed by atoms with E-state index in [-0.39, 0.29) is 12.5 Å². The molecule has 12 heavy (non-hydrogen) atoms. The van der Waals surface area contributed by atoms with Crippen LogP contribution in [0.25, 0.3) is 0 Å². The van der Waals surface area contributed by atoms with Gasteiger partial charge in [0, 0.05) is 9.29 Å². The van der Waals surface area contributed by atoms with Crippen LogP contribution < -0.4 is 17.2 Å². The predicted octanol–water partition coefficient (Wildman–Crippen LogP) is -1.55. The lowest BCUT2D eigenvalue weighted by Crippen LogP contribution is -2.30. The molecule has 0 rings (SSSR count). The van der Waals surface area contributed by atoms with E-state index in [2.05, 4.69) is 4.99 Å². The van der Waals surface area contributed by atoms with Gasteiger partial charge in [0.05, 0.1) is 0 Å². The number of aliphatic imine (C=N–C) groups is 1. The molecule has 0 aromatic heterocycles. The second kappa shape index (κ2) is 5.36. The van der Waals surface area contributed by atoms with Crippen LogP contribution in [0.3, 0.4) is 0 Å². The van der Waals surface area contributed by atoms with Gasteiger partial charge in [-0.3, -0.25) is 9.79 Å². The first kappa shape index (κ1) is 7.35. The molecule has 3 atom stereocenters. The maximum Gasteiger partial charge on any atom is 0.320 e. The Bertz CT molecular complexity index is 232. The van der Waals surface area contributed by atoms with Crippen LogP contribution in [0.2, 0.25) is 0 Å². The van der Waals surface area contributed by atoms with Crippen LogP contribution in [0, 0.1) is 0 Å². The van der Waals surface area contributed by atoms with Gasteiger partial charge >= 0.3 is 5.97 Å². The maximum atomic E-state index is 10.4. The molecule has 6 nitrogen and oxygen atoms in total. The fourth-order valence-corrected chi connectivity index (χ4v) is 0.448. The monoisotopic (exact) mass is 176 g/mol. The smallest absolute Gasteiger partial charge is 0.320 e. The molecule has 0 heterocycles. The molecule has 0 fully saturated rings. The van der Waals surface area contributed by atoms with Gasteiger partial charge in [-0.25, -0.2) is 0 Å². The SMILES string of the molecule is [2H]C(CN=C(N)N)C([2H])[C@H](N)C(=O)O. The van der Waals surface area contributed by atoms with Crippen LogP contribution in [-0.4, -0.2) is 29.6 Å². The van der Waals surface area contributed by atoms with Crippen molar-refractivity contribution in [2.24, 2.45) is 22.2 Å². The fourth-order valence-electron chi connectivity index (χ4n) is 0.448. The number of hydrogen-bond acceptors (Lipinski definition) is 3. The van der Waals surface area contributed by atoms with Crippen LogP contribution in [0.1, 0.15) is 15.5 Å². The van der Waals surface area contributed by atoms with E-state index in [4.69, 9.17) is 25.0 Å². The maximum absolute atomic E-state index is 10.4. The summed E-state index contributed by atoms with van der Waals surface area (Å²) in [5.41, 5.74) is 15.2. The molecule has 0 saturated carbocycles. The third-order valence-electron chi connectivity index (χ3n) is 1.01. The lowest BCUT2D eigenvalue weighted by atomic mass is 10.2. The molecule has 7 N–H and O–H groups in total. The van der Waals surface area contributed by atoms with E-state index >= 15 is 0 Å². The highest BCUT2D eigenvalue weighted by Crippen LogP contribution is 1.94. The van der Waals surface area contributed by atoms with Crippen LogP contribution in [0.4, 0.5) is 0 Å². The van der Waals surface area contributed by atoms with Crippen LogP contribution in [0.5, 0.6) is 0 Å². The second-order valence-electron chi connectivity index (χ2n) is 2.06. The molecule has 0 amide bonds. The zero-order valence-electron chi connectivity index (χ0n) is 8.47. The highest BCUT2D eigenvalue weighted by atomic mass is 16.4. The summed E-state index contributed by atoms with van der Waals surface area (Å²) < 4.78 is 14.7. The first-order valence-corrected chi connectivity index (χ1v) is 3.24. The van der Waals surface area contributed by atoms with Gasteiger partial charge in [0.15, 0.2) is 5.96 Å². The Hall–Kier alpha value is -1.30. The second-order valence-corrected chi connectivity index (χ2v) is 2.06. The van der Waals surface area contributed by atoms with Gasteiger partial charge in [-0.2, -0.15) is 0 Å². The largest absolute Gasteiger partial charge is 0.480 e. The standard InChI is InChI=1S/C6H14N4O2/c7-4(5(11)12)2-1-3-10-6(8)9/h4H,1-3,7H2,(H,11,12)(H4,8,9,10)/t4-/m0/s1/i1D,2D/t1?,2?,4-. The van der Waals surface area contributed by atoms with E-state index < -0.39 is 24.8 Å². The van der Waals surface area contributed by atoms with Crippen molar-refractivity contribution in [1.82, 2.24) is 0 Å². The van der Waals surface area contributed by atoms with Crippen molar-refractivity contribution in [3.05, 3.63) is 0 Å². The lowest BCUT2D eigenvalue weighted by molar-refractivity contribution is -0.138. The summed E-state index contributed by atoms with van der Waals surface area (Å²) in [7, 11) is 0. The molecule has 70 valence electrons. The third-order valence-corrected chi connectivity index (χ3v) is 1.01. The first-order chi connectivity index (χ1) is 6.36. The van der Waals surface area contributed by atoms with Gasteiger partial charge in [0.2, 0.25) is 0 Å². The van der Waals surface area contributed by atoms with Gasteiger partial charge < -0.3 is 22.3 Å². The minimum Gasteiger partial charge on any atom is -0.480 e. The lowest BCUT2D eigenvalue weighted by Gasteiger charge is -2.03. The van der Waals surface area contributed by atoms with Crippen LogP contribution in [0.15, 0.2) is 4.99 Å². The van der Waals surface area contributed by atoms with Crippen molar-refractivity contribution in [2.45, 2.75) is 18.8 Å². The van der Waals surface area contributed by atoms with E-state index in [1.807, 2.05) is 0 Å². The number of carboxylic acid groups (broad SMARTS) is 1. The Morgan fingerprint density at radius 1 is 1.67 bits per heavy atom. The Morgan fingerprint density at radius 2 is 2.25 bits per heavy atom. The third kappa shape index (κ3) is 5.48. The van der Waals surface area contributed by atoms with E-state index in [1.54, 1.807) is 0 Å². The number of nitrogens with zero attached hydrogens (tertiary/aromatic N) is 1. The molecule has 0 saturated heterocycles. The van der Waals surface area contributed by atoms with Crippen molar-refractivity contribution in [2.75, 3.05) is 6.54 Å². The summed E-state index contributed by atoms with van der Waals surface area (Å²) in [4.78, 5) is 13.9. The van der Waals surface area contributed by atoms with E-state index in [0.717, 1.165) is 0 Å². The van der Waals surface area contributed by atoms with Gasteiger partial charge in [0.25, 0.3) is 0 Å². The highest BCUT2D eigenvalue weighted by molar-refractivity contribution is 5.75. The minimum atomic E-state index is -1.40. The van der Waals surface area contributed by atoms with Gasteiger partial charge in [-0.05, 0) is 12.8 Å². The summed E-state index contributed by atoms with van der Waals surface area (Å²) in [6.45, 7) is -0.127. The van der Waals surface area contributed by atoms with Crippen molar-refractivity contribution < 1.29 is 12.6 Å². The molecular weight excluding hydrogens is 160 g/mol. The van der Waals surface area contributed by atoms with E-state index in [1.165, 1.54) is 0 Å². The summed E-state index contributed by atoms with van der Waals surface area (Å²) in [5, 5.41) is 8.47. The fraction of sp³-hybridized carbons (Fsp3) is 0.667. The Morgan fingerprint density at radius 3 is 2.67 bits per heavy atom. The molecule has 0 bridgehead atoms. The Kier molecular flexibility index (Phi) is 3.29. The molecular formula is C6H14N4O2. The van der Waals surface area contributed by atoms with Crippen molar-refractivity contribution in [1.29, 1.82) is 0 Å². The molecule has 0 aliphatic rings. The van der Waals surface area contributed by atoms with Crippen LogP contribution >= 0.6 is 0 Å². The van der Waals surface area contributed by atoms with Gasteiger partial charge in [0.1, 0.15) is 6.04 Å². The van der Waals surface area contributed by atoms with Crippen molar-refractivity contribution in [3.8, 4) is 0 Å². The molecule has 0 aromatic carbocycles. The number of rotatable bonds is 5. The number of guanidine groups is 1. The Balaban J connectivity index is 4.18. The van der Waals surface area contributed by atoms with Gasteiger partial charge in [-0.1, -0.05) is 0 Å². The molecule has 6 heteroatoms. The number of carbonyl (C=O) groups is 1. The van der Waals surface area contributed by atoms with E-state index in [0.29, 0.717) is 0 Å². The van der Waals surface area contributed by atoms with Crippen molar-refractivity contribution in [3.63, 3.8) is 0 Å². The van der Waals surface area contributed by atoms with Crippen LogP contribution in [-0.2, 0) is 4.79 Å². The number of nitrogens with two attached hydrogens (primary N) is 3. The first-order valence-electron chi connectivity index (χ1n) is 4.40. The average Bonchev–Trinajstić information content (AvgIpc) is 2.11. The average molecular weight is 176 g/mol. The summed E-state index contributed by atoms with van der Waals surface area (Å²) >= 11 is 0. The number of aliphatic carboxylic acids is 1. The normalized spacial score (nSPS) is 19.8. The van der Waals surface area contributed by atoms with Gasteiger partial charge in [-0.15, -0.1) is 0 Å². The summed E-state index contributed by atoms with van der Waals surface area (Å²) in [6.07, 6.45) is -2.31. The quantitative estimate of drug-likeness (QED) is 0.298. The Labute approximate surface area is 73.2 Å². The zero-order valence-corrected chi connectivity index (χ0v) is 6.47. The molecule has 2 unspecified atom stereocenters.